The molecule has 0 unspecified atom stereocenters. The van der Waals surface area contributed by atoms with Gasteiger partial charge in [-0.25, -0.2) is 9.37 Å². The lowest BCUT2D eigenvalue weighted by Crippen LogP contribution is -2.25. The van der Waals surface area contributed by atoms with Gasteiger partial charge in [0.15, 0.2) is 0 Å². The zero-order valence-electron chi connectivity index (χ0n) is 12.6. The number of thiophene rings is 1. The highest BCUT2D eigenvalue weighted by Crippen LogP contribution is 2.22. The number of aryl methyl sites for hydroxylation is 2. The number of hydrogen-bond acceptors (Lipinski definition) is 3. The SMILES string of the molecule is CCc1cc2c(=O)n(Cc3cccc(F)c3)c(CC)nc2s1. The van der Waals surface area contributed by atoms with Gasteiger partial charge >= 0.3 is 0 Å². The summed E-state index contributed by atoms with van der Waals surface area (Å²) < 4.78 is 15.0. The summed E-state index contributed by atoms with van der Waals surface area (Å²) in [4.78, 5) is 19.3. The van der Waals surface area contributed by atoms with Crippen molar-refractivity contribution in [1.82, 2.24) is 9.55 Å². The van der Waals surface area contributed by atoms with Gasteiger partial charge in [-0.15, -0.1) is 11.3 Å². The fraction of sp³-hybridized carbons (Fsp3) is 0.294. The lowest BCUT2D eigenvalue weighted by Gasteiger charge is -2.11. The Morgan fingerprint density at radius 2 is 2.05 bits per heavy atom. The summed E-state index contributed by atoms with van der Waals surface area (Å²) in [6, 6.07) is 8.27. The molecular weight excluding hydrogens is 299 g/mol. The van der Waals surface area contributed by atoms with Crippen LogP contribution in [-0.4, -0.2) is 9.55 Å². The molecule has 114 valence electrons. The fourth-order valence-corrected chi connectivity index (χ4v) is 3.51. The number of nitrogens with zero attached hydrogens (tertiary/aromatic N) is 2. The Labute approximate surface area is 132 Å². The van der Waals surface area contributed by atoms with Crippen LogP contribution in [0, 0.1) is 5.82 Å². The van der Waals surface area contributed by atoms with Gasteiger partial charge in [-0.3, -0.25) is 9.36 Å². The minimum absolute atomic E-state index is 0.0398. The lowest BCUT2D eigenvalue weighted by molar-refractivity contribution is 0.620. The third kappa shape index (κ3) is 2.68. The molecule has 0 amide bonds. The highest BCUT2D eigenvalue weighted by atomic mass is 32.1. The standard InChI is InChI=1S/C17H17FN2OS/c1-3-13-9-14-16(22-13)19-15(4-2)20(17(14)21)10-11-6-5-7-12(18)8-11/h5-9H,3-4,10H2,1-2H3. The van der Waals surface area contributed by atoms with Crippen LogP contribution in [0.2, 0.25) is 0 Å². The minimum Gasteiger partial charge on any atom is -0.292 e. The quantitative estimate of drug-likeness (QED) is 0.734. The van der Waals surface area contributed by atoms with Gasteiger partial charge in [0, 0.05) is 11.3 Å². The molecular formula is C17H17FN2OS. The molecule has 22 heavy (non-hydrogen) atoms. The van der Waals surface area contributed by atoms with Gasteiger partial charge in [-0.2, -0.15) is 0 Å². The molecule has 0 atom stereocenters. The van der Waals surface area contributed by atoms with E-state index < -0.39 is 0 Å². The topological polar surface area (TPSA) is 34.9 Å². The molecule has 2 heterocycles. The van der Waals surface area contributed by atoms with Crippen LogP contribution in [0.5, 0.6) is 0 Å². The van der Waals surface area contributed by atoms with Crippen molar-refractivity contribution in [3.05, 3.63) is 62.8 Å². The van der Waals surface area contributed by atoms with Gasteiger partial charge < -0.3 is 0 Å². The van der Waals surface area contributed by atoms with Gasteiger partial charge in [0.2, 0.25) is 0 Å². The lowest BCUT2D eigenvalue weighted by atomic mass is 10.2. The molecule has 0 saturated heterocycles. The summed E-state index contributed by atoms with van der Waals surface area (Å²) in [5, 5.41) is 0.662. The molecule has 0 fully saturated rings. The summed E-state index contributed by atoms with van der Waals surface area (Å²) in [5.74, 6) is 0.452. The van der Waals surface area contributed by atoms with Gasteiger partial charge in [0.05, 0.1) is 11.9 Å². The Morgan fingerprint density at radius 1 is 1.23 bits per heavy atom. The molecule has 3 rings (SSSR count). The Balaban J connectivity index is 2.15. The summed E-state index contributed by atoms with van der Waals surface area (Å²) in [5.41, 5.74) is 0.728. The van der Waals surface area contributed by atoms with E-state index in [0.717, 1.165) is 27.5 Å². The van der Waals surface area contributed by atoms with E-state index >= 15 is 0 Å². The second kappa shape index (κ2) is 6.01. The van der Waals surface area contributed by atoms with E-state index in [4.69, 9.17) is 0 Å². The number of benzene rings is 1. The van der Waals surface area contributed by atoms with Crippen LogP contribution in [0.4, 0.5) is 4.39 Å². The van der Waals surface area contributed by atoms with Gasteiger partial charge in [0.1, 0.15) is 16.5 Å². The number of halogens is 1. The van der Waals surface area contributed by atoms with Crippen molar-refractivity contribution in [3.63, 3.8) is 0 Å². The first-order valence-corrected chi connectivity index (χ1v) is 8.20. The molecule has 0 aliphatic carbocycles. The molecule has 0 radical (unpaired) electrons. The zero-order valence-corrected chi connectivity index (χ0v) is 13.4. The van der Waals surface area contributed by atoms with E-state index in [1.165, 1.54) is 12.1 Å². The third-order valence-electron chi connectivity index (χ3n) is 3.68. The van der Waals surface area contributed by atoms with Crippen molar-refractivity contribution in [3.8, 4) is 0 Å². The monoisotopic (exact) mass is 316 g/mol. The van der Waals surface area contributed by atoms with Crippen molar-refractivity contribution < 1.29 is 4.39 Å². The van der Waals surface area contributed by atoms with Crippen molar-refractivity contribution >= 4 is 21.6 Å². The maximum Gasteiger partial charge on any atom is 0.262 e. The summed E-state index contributed by atoms with van der Waals surface area (Å²) in [6.07, 6.45) is 1.56. The highest BCUT2D eigenvalue weighted by Gasteiger charge is 2.13. The summed E-state index contributed by atoms with van der Waals surface area (Å²) in [7, 11) is 0. The molecule has 0 saturated carbocycles. The maximum atomic E-state index is 13.4. The minimum atomic E-state index is -0.290. The van der Waals surface area contributed by atoms with Crippen molar-refractivity contribution in [1.29, 1.82) is 0 Å². The maximum absolute atomic E-state index is 13.4. The molecule has 0 N–H and O–H groups in total. The van der Waals surface area contributed by atoms with Crippen molar-refractivity contribution in [2.24, 2.45) is 0 Å². The van der Waals surface area contributed by atoms with E-state index in [0.29, 0.717) is 18.4 Å². The van der Waals surface area contributed by atoms with Crippen LogP contribution in [0.3, 0.4) is 0 Å². The fourth-order valence-electron chi connectivity index (χ4n) is 2.53. The van der Waals surface area contributed by atoms with Crippen LogP contribution >= 0.6 is 11.3 Å². The van der Waals surface area contributed by atoms with Crippen LogP contribution in [-0.2, 0) is 19.4 Å². The first kappa shape index (κ1) is 14.9. The predicted molar refractivity (Wildman–Crippen MR) is 88.1 cm³/mol. The van der Waals surface area contributed by atoms with Crippen LogP contribution in [0.1, 0.15) is 30.1 Å². The molecule has 0 bridgehead atoms. The average molecular weight is 316 g/mol. The summed E-state index contributed by atoms with van der Waals surface area (Å²) in [6.45, 7) is 4.39. The van der Waals surface area contributed by atoms with Gasteiger partial charge in [0.25, 0.3) is 5.56 Å². The van der Waals surface area contributed by atoms with E-state index in [2.05, 4.69) is 11.9 Å². The summed E-state index contributed by atoms with van der Waals surface area (Å²) >= 11 is 1.57. The number of fused-ring (bicyclic) bond motifs is 1. The van der Waals surface area contributed by atoms with Gasteiger partial charge in [-0.1, -0.05) is 26.0 Å². The van der Waals surface area contributed by atoms with Crippen molar-refractivity contribution in [2.45, 2.75) is 33.2 Å². The molecule has 3 nitrogen and oxygen atoms in total. The molecule has 1 aromatic carbocycles. The molecule has 2 aromatic heterocycles. The first-order valence-electron chi connectivity index (χ1n) is 7.39. The Morgan fingerprint density at radius 3 is 2.73 bits per heavy atom. The Hall–Kier alpha value is -2.01. The molecule has 0 spiro atoms. The normalized spacial score (nSPS) is 11.2. The molecule has 5 heteroatoms. The predicted octanol–water partition coefficient (Wildman–Crippen LogP) is 3.77. The number of rotatable bonds is 4. The smallest absolute Gasteiger partial charge is 0.262 e. The molecule has 0 aliphatic heterocycles. The van der Waals surface area contributed by atoms with Crippen molar-refractivity contribution in [2.75, 3.05) is 0 Å². The zero-order chi connectivity index (χ0) is 15.7. The van der Waals surface area contributed by atoms with Crippen LogP contribution < -0.4 is 5.56 Å². The van der Waals surface area contributed by atoms with Crippen LogP contribution in [0.15, 0.2) is 35.1 Å². The van der Waals surface area contributed by atoms with E-state index in [1.807, 2.05) is 19.1 Å². The van der Waals surface area contributed by atoms with E-state index in [1.54, 1.807) is 22.0 Å². The number of aromatic nitrogens is 2. The Kier molecular flexibility index (Phi) is 4.07. The third-order valence-corrected chi connectivity index (χ3v) is 4.85. The molecule has 3 aromatic rings. The Bertz CT molecular complexity index is 882. The van der Waals surface area contributed by atoms with Crippen LogP contribution in [0.25, 0.3) is 10.2 Å². The first-order chi connectivity index (χ1) is 10.6. The molecule has 0 aliphatic rings. The average Bonchev–Trinajstić information content (AvgIpc) is 2.93. The van der Waals surface area contributed by atoms with Gasteiger partial charge in [-0.05, 0) is 30.2 Å². The largest absolute Gasteiger partial charge is 0.292 e. The second-order valence-electron chi connectivity index (χ2n) is 5.19. The second-order valence-corrected chi connectivity index (χ2v) is 6.30. The van der Waals surface area contributed by atoms with E-state index in [9.17, 15) is 9.18 Å². The van der Waals surface area contributed by atoms with E-state index in [-0.39, 0.29) is 11.4 Å². The number of hydrogen-bond donors (Lipinski definition) is 0. The highest BCUT2D eigenvalue weighted by molar-refractivity contribution is 7.18.